The van der Waals surface area contributed by atoms with Crippen LogP contribution in [0.4, 0.5) is 5.69 Å². The summed E-state index contributed by atoms with van der Waals surface area (Å²) < 4.78 is 7.09. The molecule has 0 bridgehead atoms. The fourth-order valence-electron chi connectivity index (χ4n) is 3.22. The summed E-state index contributed by atoms with van der Waals surface area (Å²) in [5, 5.41) is 15.4. The third-order valence-corrected chi connectivity index (χ3v) is 4.59. The molecule has 1 amide bonds. The molecule has 3 rings (SSSR count). The monoisotopic (exact) mass is 358 g/mol. The topological polar surface area (TPSA) is 90.5 Å². The van der Waals surface area contributed by atoms with Gasteiger partial charge in [-0.3, -0.25) is 19.6 Å². The largest absolute Gasteiger partial charge is 0.375 e. The maximum atomic E-state index is 12.6. The molecule has 8 nitrogen and oxygen atoms in total. The maximum absolute atomic E-state index is 12.6. The van der Waals surface area contributed by atoms with Crippen LogP contribution in [0.3, 0.4) is 0 Å². The van der Waals surface area contributed by atoms with Gasteiger partial charge in [-0.15, -0.1) is 0 Å². The summed E-state index contributed by atoms with van der Waals surface area (Å²) in [5.74, 6) is -0.00606. The number of morpholine rings is 1. The molecule has 0 aliphatic carbocycles. The number of hydrogen-bond acceptors (Lipinski definition) is 5. The third-order valence-electron chi connectivity index (χ3n) is 4.59. The van der Waals surface area contributed by atoms with E-state index in [0.29, 0.717) is 43.2 Å². The number of amides is 1. The van der Waals surface area contributed by atoms with Crippen LogP contribution >= 0.6 is 0 Å². The van der Waals surface area contributed by atoms with E-state index < -0.39 is 4.92 Å². The van der Waals surface area contributed by atoms with Crippen LogP contribution in [-0.4, -0.2) is 51.3 Å². The predicted molar refractivity (Wildman–Crippen MR) is 95.2 cm³/mol. The summed E-state index contributed by atoms with van der Waals surface area (Å²) >= 11 is 0. The highest BCUT2D eigenvalue weighted by Gasteiger charge is 2.23. The molecule has 2 aromatic rings. The second kappa shape index (κ2) is 7.25. The Morgan fingerprint density at radius 2 is 2.04 bits per heavy atom. The van der Waals surface area contributed by atoms with Crippen molar-refractivity contribution in [2.24, 2.45) is 0 Å². The summed E-state index contributed by atoms with van der Waals surface area (Å²) in [5.41, 5.74) is 2.54. The lowest BCUT2D eigenvalue weighted by Crippen LogP contribution is -2.44. The highest BCUT2D eigenvalue weighted by atomic mass is 16.6. The van der Waals surface area contributed by atoms with Gasteiger partial charge in [0.1, 0.15) is 11.4 Å². The zero-order valence-corrected chi connectivity index (χ0v) is 15.1. The number of aromatic nitrogens is 2. The van der Waals surface area contributed by atoms with Gasteiger partial charge < -0.3 is 9.64 Å². The summed E-state index contributed by atoms with van der Waals surface area (Å²) in [6.45, 7) is 7.44. The van der Waals surface area contributed by atoms with Crippen molar-refractivity contribution in [2.75, 3.05) is 19.7 Å². The molecule has 26 heavy (non-hydrogen) atoms. The van der Waals surface area contributed by atoms with E-state index in [1.807, 2.05) is 19.1 Å². The average Bonchev–Trinajstić information content (AvgIpc) is 2.88. The van der Waals surface area contributed by atoms with Gasteiger partial charge in [0.25, 0.3) is 5.91 Å². The van der Waals surface area contributed by atoms with E-state index in [-0.39, 0.29) is 17.7 Å². The third kappa shape index (κ3) is 3.60. The Labute approximate surface area is 151 Å². The summed E-state index contributed by atoms with van der Waals surface area (Å²) in [6, 6.07) is 7.30. The van der Waals surface area contributed by atoms with E-state index in [9.17, 15) is 14.9 Å². The normalized spacial score (nSPS) is 17.3. The lowest BCUT2D eigenvalue weighted by molar-refractivity contribution is -0.386. The zero-order chi connectivity index (χ0) is 18.8. The minimum absolute atomic E-state index is 0.00606. The predicted octanol–water partition coefficient (Wildman–Crippen LogP) is 2.32. The van der Waals surface area contributed by atoms with Crippen molar-refractivity contribution in [3.05, 3.63) is 56.9 Å². The number of carbonyl (C=O) groups is 1. The van der Waals surface area contributed by atoms with Gasteiger partial charge in [-0.1, -0.05) is 12.1 Å². The fraction of sp³-hybridized carbons (Fsp3) is 0.444. The lowest BCUT2D eigenvalue weighted by atomic mass is 10.1. The SMILES string of the molecule is Cc1nn(Cc2ccc(C(=O)N3CCO[C@H](C)C3)cc2)c(C)c1[N+](=O)[O-]. The molecule has 138 valence electrons. The van der Waals surface area contributed by atoms with Crippen LogP contribution in [0, 0.1) is 24.0 Å². The molecule has 1 fully saturated rings. The van der Waals surface area contributed by atoms with Gasteiger partial charge in [0.2, 0.25) is 0 Å². The number of nitrogens with zero attached hydrogens (tertiary/aromatic N) is 4. The summed E-state index contributed by atoms with van der Waals surface area (Å²) in [7, 11) is 0. The van der Waals surface area contributed by atoms with Crippen LogP contribution in [0.2, 0.25) is 0 Å². The smallest absolute Gasteiger partial charge is 0.312 e. The molecular formula is C18H22N4O4. The standard InChI is InChI=1S/C18H22N4O4/c1-12-10-20(8-9-26-12)18(23)16-6-4-15(5-7-16)11-21-14(3)17(22(24)25)13(2)19-21/h4-7,12H,8-11H2,1-3H3/t12-/m1/s1. The van der Waals surface area contributed by atoms with E-state index in [1.54, 1.807) is 35.6 Å². The highest BCUT2D eigenvalue weighted by Crippen LogP contribution is 2.22. The first-order valence-corrected chi connectivity index (χ1v) is 8.55. The van der Waals surface area contributed by atoms with Gasteiger partial charge in [-0.25, -0.2) is 0 Å². The van der Waals surface area contributed by atoms with Crippen LogP contribution in [0.25, 0.3) is 0 Å². The molecule has 0 spiro atoms. The minimum Gasteiger partial charge on any atom is -0.375 e. The molecule has 1 saturated heterocycles. The minimum atomic E-state index is -0.404. The zero-order valence-electron chi connectivity index (χ0n) is 15.1. The first-order chi connectivity index (χ1) is 12.4. The maximum Gasteiger partial charge on any atom is 0.312 e. The molecule has 0 unspecified atom stereocenters. The van der Waals surface area contributed by atoms with E-state index in [1.165, 1.54) is 0 Å². The van der Waals surface area contributed by atoms with Crippen LogP contribution in [0.5, 0.6) is 0 Å². The van der Waals surface area contributed by atoms with Gasteiger partial charge in [-0.2, -0.15) is 5.10 Å². The molecule has 0 N–H and O–H groups in total. The Kier molecular flexibility index (Phi) is 5.03. The molecule has 2 heterocycles. The van der Waals surface area contributed by atoms with Crippen LogP contribution in [0.15, 0.2) is 24.3 Å². The van der Waals surface area contributed by atoms with Crippen molar-refractivity contribution < 1.29 is 14.5 Å². The average molecular weight is 358 g/mol. The Morgan fingerprint density at radius 3 is 2.62 bits per heavy atom. The van der Waals surface area contributed by atoms with Gasteiger partial charge in [0.15, 0.2) is 0 Å². The molecule has 8 heteroatoms. The summed E-state index contributed by atoms with van der Waals surface area (Å²) in [4.78, 5) is 25.1. The van der Waals surface area contributed by atoms with E-state index >= 15 is 0 Å². The Balaban J connectivity index is 1.73. The quantitative estimate of drug-likeness (QED) is 0.618. The van der Waals surface area contributed by atoms with E-state index in [0.717, 1.165) is 5.56 Å². The van der Waals surface area contributed by atoms with Crippen molar-refractivity contribution in [3.63, 3.8) is 0 Å². The first-order valence-electron chi connectivity index (χ1n) is 8.55. The molecule has 1 aromatic heterocycles. The second-order valence-electron chi connectivity index (χ2n) is 6.56. The number of aryl methyl sites for hydroxylation is 1. The molecular weight excluding hydrogens is 336 g/mol. The van der Waals surface area contributed by atoms with Gasteiger partial charge >= 0.3 is 5.69 Å². The molecule has 0 saturated carbocycles. The van der Waals surface area contributed by atoms with Crippen molar-refractivity contribution >= 4 is 11.6 Å². The molecule has 1 aliphatic heterocycles. The van der Waals surface area contributed by atoms with E-state index in [2.05, 4.69) is 5.10 Å². The number of ether oxygens (including phenoxy) is 1. The van der Waals surface area contributed by atoms with Gasteiger partial charge in [-0.05, 0) is 38.5 Å². The van der Waals surface area contributed by atoms with Crippen LogP contribution in [-0.2, 0) is 11.3 Å². The second-order valence-corrected chi connectivity index (χ2v) is 6.56. The van der Waals surface area contributed by atoms with Crippen LogP contribution in [0.1, 0.15) is 34.2 Å². The number of benzene rings is 1. The van der Waals surface area contributed by atoms with Crippen molar-refractivity contribution in [1.82, 2.24) is 14.7 Å². The lowest BCUT2D eigenvalue weighted by Gasteiger charge is -2.31. The first kappa shape index (κ1) is 18.1. The Morgan fingerprint density at radius 1 is 1.35 bits per heavy atom. The number of carbonyl (C=O) groups excluding carboxylic acids is 1. The number of rotatable bonds is 4. The molecule has 1 atom stereocenters. The van der Waals surface area contributed by atoms with E-state index in [4.69, 9.17) is 4.74 Å². The number of nitro groups is 1. The fourth-order valence-corrected chi connectivity index (χ4v) is 3.22. The molecule has 1 aliphatic rings. The molecule has 0 radical (unpaired) electrons. The van der Waals surface area contributed by atoms with Crippen molar-refractivity contribution in [2.45, 2.75) is 33.4 Å². The van der Waals surface area contributed by atoms with Crippen molar-refractivity contribution in [3.8, 4) is 0 Å². The van der Waals surface area contributed by atoms with Crippen LogP contribution < -0.4 is 0 Å². The van der Waals surface area contributed by atoms with Crippen molar-refractivity contribution in [1.29, 1.82) is 0 Å². The van der Waals surface area contributed by atoms with Gasteiger partial charge in [0.05, 0.1) is 24.2 Å². The Bertz CT molecular complexity index is 828. The Hall–Kier alpha value is -2.74. The summed E-state index contributed by atoms with van der Waals surface area (Å²) in [6.07, 6.45) is 0.0498. The number of hydrogen-bond donors (Lipinski definition) is 0. The van der Waals surface area contributed by atoms with Gasteiger partial charge in [0, 0.05) is 18.7 Å². The molecule has 1 aromatic carbocycles. The highest BCUT2D eigenvalue weighted by molar-refractivity contribution is 5.94.